The second-order valence-corrected chi connectivity index (χ2v) is 4.84. The molecule has 1 aromatic carbocycles. The minimum atomic E-state index is -0.0984. The average Bonchev–Trinajstić information content (AvgIpc) is 3.06. The molecular weight excluding hydrogens is 252 g/mol. The molecule has 0 unspecified atom stereocenters. The maximum absolute atomic E-state index is 11.9. The van der Waals surface area contributed by atoms with E-state index in [1.165, 1.54) is 0 Å². The smallest absolute Gasteiger partial charge is 0.254 e. The average molecular weight is 264 g/mol. The zero-order valence-electron chi connectivity index (χ0n) is 10.6. The minimum absolute atomic E-state index is 0.0984. The van der Waals surface area contributed by atoms with Gasteiger partial charge in [-0.05, 0) is 34.9 Å². The monoisotopic (exact) mass is 264 g/mol. The van der Waals surface area contributed by atoms with Crippen LogP contribution in [0.1, 0.15) is 15.9 Å². The van der Waals surface area contributed by atoms with Crippen LogP contribution in [0, 0.1) is 0 Å². The fraction of sp³-hybridized carbons (Fsp3) is 0.0667. The third kappa shape index (κ3) is 1.37. The number of anilines is 1. The van der Waals surface area contributed by atoms with Crippen molar-refractivity contribution in [3.05, 3.63) is 47.8 Å². The summed E-state index contributed by atoms with van der Waals surface area (Å²) in [5.74, 6) is -0.0984. The summed E-state index contributed by atoms with van der Waals surface area (Å²) < 4.78 is 0. The molecule has 4 N–H and O–H groups in total. The highest BCUT2D eigenvalue weighted by Gasteiger charge is 2.25. The first-order chi connectivity index (χ1) is 9.75. The molecule has 5 nitrogen and oxygen atoms in total. The highest BCUT2D eigenvalue weighted by atomic mass is 16.1. The molecule has 2 aromatic heterocycles. The zero-order chi connectivity index (χ0) is 13.7. The number of H-pyrrole nitrogens is 1. The fourth-order valence-corrected chi connectivity index (χ4v) is 2.82. The van der Waals surface area contributed by atoms with Gasteiger partial charge in [0.05, 0.1) is 5.56 Å². The molecule has 0 saturated heterocycles. The normalized spacial score (nSPS) is 13.5. The number of carbonyl (C=O) groups excluding carboxylic acids is 1. The number of benzene rings is 1. The Hall–Kier alpha value is -2.82. The maximum Gasteiger partial charge on any atom is 0.254 e. The predicted octanol–water partition coefficient (Wildman–Crippen LogP) is 2.06. The van der Waals surface area contributed by atoms with Crippen molar-refractivity contribution >= 4 is 22.6 Å². The highest BCUT2D eigenvalue weighted by molar-refractivity contribution is 6.06. The van der Waals surface area contributed by atoms with E-state index in [0.29, 0.717) is 17.8 Å². The van der Waals surface area contributed by atoms with E-state index < -0.39 is 0 Å². The summed E-state index contributed by atoms with van der Waals surface area (Å²) in [4.78, 5) is 19.3. The number of rotatable bonds is 1. The summed E-state index contributed by atoms with van der Waals surface area (Å²) in [5, 5.41) is 3.88. The molecule has 5 heteroatoms. The van der Waals surface area contributed by atoms with Crippen molar-refractivity contribution < 1.29 is 4.79 Å². The van der Waals surface area contributed by atoms with Crippen molar-refractivity contribution in [2.45, 2.75) is 6.54 Å². The van der Waals surface area contributed by atoms with E-state index in [4.69, 9.17) is 5.73 Å². The molecule has 0 fully saturated rings. The summed E-state index contributed by atoms with van der Waals surface area (Å²) in [7, 11) is 0. The van der Waals surface area contributed by atoms with Crippen LogP contribution in [0.2, 0.25) is 0 Å². The van der Waals surface area contributed by atoms with Gasteiger partial charge in [-0.15, -0.1) is 0 Å². The number of aromatic amines is 1. The third-order valence-electron chi connectivity index (χ3n) is 3.75. The second-order valence-electron chi connectivity index (χ2n) is 4.84. The van der Waals surface area contributed by atoms with Crippen molar-refractivity contribution in [2.24, 2.45) is 0 Å². The van der Waals surface area contributed by atoms with Gasteiger partial charge < -0.3 is 16.0 Å². The Morgan fingerprint density at radius 3 is 2.95 bits per heavy atom. The van der Waals surface area contributed by atoms with E-state index in [1.807, 2.05) is 24.4 Å². The Kier molecular flexibility index (Phi) is 2.12. The summed E-state index contributed by atoms with van der Waals surface area (Å²) in [6, 6.07) is 7.71. The molecule has 0 bridgehead atoms. The first kappa shape index (κ1) is 11.0. The van der Waals surface area contributed by atoms with Gasteiger partial charge >= 0.3 is 0 Å². The van der Waals surface area contributed by atoms with Gasteiger partial charge in [-0.25, -0.2) is 4.98 Å². The van der Waals surface area contributed by atoms with Gasteiger partial charge in [-0.1, -0.05) is 6.07 Å². The lowest BCUT2D eigenvalue weighted by Gasteiger charge is -2.10. The molecule has 4 rings (SSSR count). The van der Waals surface area contributed by atoms with Gasteiger partial charge in [-0.3, -0.25) is 4.79 Å². The van der Waals surface area contributed by atoms with Gasteiger partial charge in [0.25, 0.3) is 5.91 Å². The Morgan fingerprint density at radius 1 is 1.15 bits per heavy atom. The number of fused-ring (bicyclic) bond motifs is 2. The number of pyridine rings is 1. The molecular formula is C15H12N4O. The van der Waals surface area contributed by atoms with E-state index in [-0.39, 0.29) is 5.91 Å². The number of hydrogen-bond acceptors (Lipinski definition) is 3. The molecule has 3 aromatic rings. The predicted molar refractivity (Wildman–Crippen MR) is 77.1 cm³/mol. The van der Waals surface area contributed by atoms with Gasteiger partial charge in [0.15, 0.2) is 0 Å². The quantitative estimate of drug-likeness (QED) is 0.588. The number of amides is 1. The van der Waals surface area contributed by atoms with E-state index in [2.05, 4.69) is 15.3 Å². The van der Waals surface area contributed by atoms with Crippen LogP contribution < -0.4 is 11.1 Å². The molecule has 3 heterocycles. The lowest BCUT2D eigenvalue weighted by molar-refractivity contribution is 0.0966. The second kappa shape index (κ2) is 3.84. The van der Waals surface area contributed by atoms with Gasteiger partial charge in [0.1, 0.15) is 5.65 Å². The van der Waals surface area contributed by atoms with Crippen LogP contribution in [-0.2, 0) is 6.54 Å². The Morgan fingerprint density at radius 2 is 2.05 bits per heavy atom. The van der Waals surface area contributed by atoms with Crippen molar-refractivity contribution in [2.75, 3.05) is 5.73 Å². The Balaban J connectivity index is 2.05. The summed E-state index contributed by atoms with van der Waals surface area (Å²) in [6.07, 6.45) is 3.63. The number of carbonyl (C=O) groups is 1. The molecule has 0 saturated carbocycles. The van der Waals surface area contributed by atoms with Gasteiger partial charge in [0, 0.05) is 30.0 Å². The topological polar surface area (TPSA) is 83.8 Å². The number of nitrogens with one attached hydrogen (secondary N) is 2. The lowest BCUT2D eigenvalue weighted by atomic mass is 9.95. The maximum atomic E-state index is 11.9. The van der Waals surface area contributed by atoms with Gasteiger partial charge in [0.2, 0.25) is 0 Å². The minimum Gasteiger partial charge on any atom is -0.398 e. The van der Waals surface area contributed by atoms with E-state index in [1.54, 1.807) is 12.3 Å². The van der Waals surface area contributed by atoms with Crippen LogP contribution in [0.5, 0.6) is 0 Å². The molecule has 0 aliphatic carbocycles. The first-order valence-electron chi connectivity index (χ1n) is 6.38. The summed E-state index contributed by atoms with van der Waals surface area (Å²) in [5.41, 5.74) is 10.9. The molecule has 1 amide bonds. The fourth-order valence-electron chi connectivity index (χ4n) is 2.82. The first-order valence-corrected chi connectivity index (χ1v) is 6.38. The SMILES string of the molecule is Nc1ccc(-c2ccnc3[nH]ccc23)c2c1C(=O)NC2. The Bertz CT molecular complexity index is 850. The van der Waals surface area contributed by atoms with E-state index in [0.717, 1.165) is 27.7 Å². The Labute approximate surface area is 114 Å². The number of nitrogen functional groups attached to an aromatic ring is 1. The zero-order valence-corrected chi connectivity index (χ0v) is 10.6. The van der Waals surface area contributed by atoms with E-state index >= 15 is 0 Å². The molecule has 20 heavy (non-hydrogen) atoms. The van der Waals surface area contributed by atoms with Crippen molar-refractivity contribution in [3.63, 3.8) is 0 Å². The van der Waals surface area contributed by atoms with Crippen LogP contribution in [-0.4, -0.2) is 15.9 Å². The summed E-state index contributed by atoms with van der Waals surface area (Å²) >= 11 is 0. The van der Waals surface area contributed by atoms with Crippen LogP contribution >= 0.6 is 0 Å². The number of nitrogens with two attached hydrogens (primary N) is 1. The van der Waals surface area contributed by atoms with Crippen molar-refractivity contribution in [3.8, 4) is 11.1 Å². The number of nitrogens with zero attached hydrogens (tertiary/aromatic N) is 1. The van der Waals surface area contributed by atoms with E-state index in [9.17, 15) is 4.79 Å². The number of hydrogen-bond donors (Lipinski definition) is 3. The molecule has 1 aliphatic rings. The van der Waals surface area contributed by atoms with Gasteiger partial charge in [-0.2, -0.15) is 0 Å². The number of aromatic nitrogens is 2. The molecule has 1 aliphatic heterocycles. The van der Waals surface area contributed by atoms with Crippen LogP contribution in [0.15, 0.2) is 36.7 Å². The van der Waals surface area contributed by atoms with Crippen molar-refractivity contribution in [1.29, 1.82) is 0 Å². The van der Waals surface area contributed by atoms with Crippen molar-refractivity contribution in [1.82, 2.24) is 15.3 Å². The summed E-state index contributed by atoms with van der Waals surface area (Å²) in [6.45, 7) is 0.517. The highest BCUT2D eigenvalue weighted by Crippen LogP contribution is 2.35. The molecule has 0 radical (unpaired) electrons. The molecule has 0 atom stereocenters. The molecule has 0 spiro atoms. The van der Waals surface area contributed by atoms with Crippen LogP contribution in [0.4, 0.5) is 5.69 Å². The third-order valence-corrected chi connectivity index (χ3v) is 3.75. The largest absolute Gasteiger partial charge is 0.398 e. The molecule has 98 valence electrons. The standard InChI is InChI=1S/C15H12N4O/c16-12-2-1-8(11-7-19-15(20)13(11)12)9-3-5-17-14-10(9)4-6-18-14/h1-6H,7,16H2,(H,17,18)(H,19,20). The van der Waals surface area contributed by atoms with Crippen LogP contribution in [0.25, 0.3) is 22.2 Å². The van der Waals surface area contributed by atoms with Crippen LogP contribution in [0.3, 0.4) is 0 Å². The lowest BCUT2D eigenvalue weighted by Crippen LogP contribution is -2.13.